The van der Waals surface area contributed by atoms with Crippen molar-refractivity contribution in [2.24, 2.45) is 0 Å². The van der Waals surface area contributed by atoms with Crippen LogP contribution in [0.25, 0.3) is 0 Å². The maximum atomic E-state index is 12.4. The summed E-state index contributed by atoms with van der Waals surface area (Å²) in [5, 5.41) is 5.07. The molecule has 0 unspecified atom stereocenters. The third-order valence-corrected chi connectivity index (χ3v) is 5.03. The number of benzene rings is 1. The molecule has 0 fully saturated rings. The molecule has 2 rings (SSSR count). The molecule has 2 N–H and O–H groups in total. The summed E-state index contributed by atoms with van der Waals surface area (Å²) in [6.45, 7) is 4.78. The number of nitrogens with zero attached hydrogens (tertiary/aromatic N) is 1. The first-order valence-corrected chi connectivity index (χ1v) is 9.09. The molecule has 0 saturated heterocycles. The van der Waals surface area contributed by atoms with Gasteiger partial charge in [0, 0.05) is 18.0 Å². The van der Waals surface area contributed by atoms with E-state index in [1.807, 2.05) is 31.4 Å². The Morgan fingerprint density at radius 2 is 2.00 bits per heavy atom. The van der Waals surface area contributed by atoms with Crippen molar-refractivity contribution in [3.63, 3.8) is 0 Å². The smallest absolute Gasteiger partial charge is 0.241 e. The highest BCUT2D eigenvalue weighted by Crippen LogP contribution is 2.16. The molecule has 0 atom stereocenters. The van der Waals surface area contributed by atoms with Gasteiger partial charge in [-0.05, 0) is 11.6 Å². The van der Waals surface area contributed by atoms with Crippen LogP contribution in [0, 0.1) is 0 Å². The SMILES string of the molecule is CC(C)NCc1ccccc1S(=O)(=O)NCc1cscn1. The van der Waals surface area contributed by atoms with Crippen LogP contribution >= 0.6 is 11.3 Å². The molecule has 1 heterocycles. The van der Waals surface area contributed by atoms with Gasteiger partial charge in [-0.15, -0.1) is 11.3 Å². The summed E-state index contributed by atoms with van der Waals surface area (Å²) in [6.07, 6.45) is 0. The fraction of sp³-hybridized carbons (Fsp3) is 0.357. The van der Waals surface area contributed by atoms with E-state index in [-0.39, 0.29) is 6.54 Å². The zero-order valence-corrected chi connectivity index (χ0v) is 13.7. The Balaban J connectivity index is 2.15. The summed E-state index contributed by atoms with van der Waals surface area (Å²) in [5.41, 5.74) is 3.17. The van der Waals surface area contributed by atoms with Gasteiger partial charge in [0.1, 0.15) is 0 Å². The van der Waals surface area contributed by atoms with E-state index in [2.05, 4.69) is 15.0 Å². The first-order valence-electron chi connectivity index (χ1n) is 6.67. The van der Waals surface area contributed by atoms with Crippen LogP contribution in [0.2, 0.25) is 0 Å². The molecule has 1 aromatic carbocycles. The predicted octanol–water partition coefficient (Wildman–Crippen LogP) is 2.12. The molecule has 0 bridgehead atoms. The highest BCUT2D eigenvalue weighted by Gasteiger charge is 2.18. The lowest BCUT2D eigenvalue weighted by molar-refractivity contribution is 0.567. The van der Waals surface area contributed by atoms with Crippen molar-refractivity contribution in [2.45, 2.75) is 37.9 Å². The molecule has 21 heavy (non-hydrogen) atoms. The van der Waals surface area contributed by atoms with Crippen molar-refractivity contribution >= 4 is 21.4 Å². The topological polar surface area (TPSA) is 71.1 Å². The molecule has 0 aliphatic carbocycles. The minimum absolute atomic E-state index is 0.206. The van der Waals surface area contributed by atoms with E-state index in [0.717, 1.165) is 11.3 Å². The Morgan fingerprint density at radius 1 is 1.24 bits per heavy atom. The summed E-state index contributed by atoms with van der Waals surface area (Å²) < 4.78 is 27.5. The van der Waals surface area contributed by atoms with Crippen LogP contribution in [0.15, 0.2) is 40.1 Å². The van der Waals surface area contributed by atoms with Crippen LogP contribution in [0.5, 0.6) is 0 Å². The second-order valence-corrected chi connectivity index (χ2v) is 7.40. The van der Waals surface area contributed by atoms with E-state index in [1.165, 1.54) is 11.3 Å². The second-order valence-electron chi connectivity index (χ2n) is 4.95. The van der Waals surface area contributed by atoms with Gasteiger partial charge in [0.2, 0.25) is 10.0 Å². The van der Waals surface area contributed by atoms with Crippen LogP contribution in [-0.4, -0.2) is 19.4 Å². The molecule has 114 valence electrons. The number of sulfonamides is 1. The maximum absolute atomic E-state index is 12.4. The normalized spacial score (nSPS) is 12.0. The van der Waals surface area contributed by atoms with E-state index >= 15 is 0 Å². The number of hydrogen-bond donors (Lipinski definition) is 2. The molecule has 2 aromatic rings. The van der Waals surface area contributed by atoms with Gasteiger partial charge in [0.05, 0.1) is 22.6 Å². The number of aromatic nitrogens is 1. The van der Waals surface area contributed by atoms with Crippen LogP contribution < -0.4 is 10.0 Å². The molecule has 0 saturated carbocycles. The molecular weight excluding hydrogens is 306 g/mol. The van der Waals surface area contributed by atoms with Crippen LogP contribution in [0.3, 0.4) is 0 Å². The summed E-state index contributed by atoms with van der Waals surface area (Å²) in [4.78, 5) is 4.39. The van der Waals surface area contributed by atoms with E-state index < -0.39 is 10.0 Å². The van der Waals surface area contributed by atoms with Gasteiger partial charge in [-0.2, -0.15) is 0 Å². The van der Waals surface area contributed by atoms with Gasteiger partial charge in [-0.3, -0.25) is 0 Å². The molecule has 0 aliphatic heterocycles. The van der Waals surface area contributed by atoms with Crippen molar-refractivity contribution in [1.82, 2.24) is 15.0 Å². The van der Waals surface area contributed by atoms with Gasteiger partial charge < -0.3 is 5.32 Å². The Morgan fingerprint density at radius 3 is 2.67 bits per heavy atom. The maximum Gasteiger partial charge on any atom is 0.241 e. The predicted molar refractivity (Wildman–Crippen MR) is 84.6 cm³/mol. The van der Waals surface area contributed by atoms with Crippen LogP contribution in [-0.2, 0) is 23.1 Å². The van der Waals surface area contributed by atoms with Crippen molar-refractivity contribution in [3.05, 3.63) is 46.4 Å². The summed E-state index contributed by atoms with van der Waals surface area (Å²) in [6, 6.07) is 7.32. The molecule has 5 nitrogen and oxygen atoms in total. The second kappa shape index (κ2) is 7.13. The highest BCUT2D eigenvalue weighted by atomic mass is 32.2. The molecule has 7 heteroatoms. The van der Waals surface area contributed by atoms with Gasteiger partial charge in [0.25, 0.3) is 0 Å². The Labute approximate surface area is 129 Å². The van der Waals surface area contributed by atoms with Gasteiger partial charge in [-0.25, -0.2) is 18.1 Å². The molecular formula is C14H19N3O2S2. The van der Waals surface area contributed by atoms with E-state index in [0.29, 0.717) is 17.5 Å². The first-order chi connectivity index (χ1) is 9.99. The average Bonchev–Trinajstić information content (AvgIpc) is 2.97. The van der Waals surface area contributed by atoms with Gasteiger partial charge in [0.15, 0.2) is 0 Å². The zero-order valence-electron chi connectivity index (χ0n) is 12.0. The summed E-state index contributed by atoms with van der Waals surface area (Å²) in [5.74, 6) is 0. The number of thiazole rings is 1. The lowest BCUT2D eigenvalue weighted by Crippen LogP contribution is -2.27. The van der Waals surface area contributed by atoms with Crippen LogP contribution in [0.4, 0.5) is 0 Å². The third kappa shape index (κ3) is 4.60. The fourth-order valence-corrected chi connectivity index (χ4v) is 3.59. The van der Waals surface area contributed by atoms with Gasteiger partial charge in [-0.1, -0.05) is 32.0 Å². The fourth-order valence-electron chi connectivity index (χ4n) is 1.80. The Kier molecular flexibility index (Phi) is 5.46. The van der Waals surface area contributed by atoms with E-state index in [4.69, 9.17) is 0 Å². The van der Waals surface area contributed by atoms with Crippen molar-refractivity contribution in [2.75, 3.05) is 0 Å². The van der Waals surface area contributed by atoms with Crippen molar-refractivity contribution < 1.29 is 8.42 Å². The monoisotopic (exact) mass is 325 g/mol. The molecule has 1 aromatic heterocycles. The van der Waals surface area contributed by atoms with Crippen LogP contribution in [0.1, 0.15) is 25.1 Å². The number of rotatable bonds is 7. The third-order valence-electron chi connectivity index (χ3n) is 2.89. The Bertz CT molecular complexity index is 667. The molecule has 0 amide bonds. The average molecular weight is 325 g/mol. The van der Waals surface area contributed by atoms with Crippen molar-refractivity contribution in [1.29, 1.82) is 0 Å². The van der Waals surface area contributed by atoms with E-state index in [9.17, 15) is 8.42 Å². The number of nitrogens with one attached hydrogen (secondary N) is 2. The zero-order chi connectivity index (χ0) is 15.3. The molecule has 0 radical (unpaired) electrons. The minimum Gasteiger partial charge on any atom is -0.310 e. The van der Waals surface area contributed by atoms with Crippen molar-refractivity contribution in [3.8, 4) is 0 Å². The van der Waals surface area contributed by atoms with E-state index in [1.54, 1.807) is 17.6 Å². The molecule has 0 spiro atoms. The standard InChI is InChI=1S/C14H19N3O2S2/c1-11(2)15-7-12-5-3-4-6-14(12)21(18,19)17-8-13-9-20-10-16-13/h3-6,9-11,15,17H,7-8H2,1-2H3. The minimum atomic E-state index is -3.54. The quantitative estimate of drug-likeness (QED) is 0.818. The summed E-state index contributed by atoms with van der Waals surface area (Å²) >= 11 is 1.44. The first kappa shape index (κ1) is 16.1. The summed E-state index contributed by atoms with van der Waals surface area (Å²) in [7, 11) is -3.54. The Hall–Kier alpha value is -1.28. The molecule has 0 aliphatic rings. The lowest BCUT2D eigenvalue weighted by atomic mass is 10.2. The highest BCUT2D eigenvalue weighted by molar-refractivity contribution is 7.89. The largest absolute Gasteiger partial charge is 0.310 e. The van der Waals surface area contributed by atoms with Gasteiger partial charge >= 0.3 is 0 Å². The lowest BCUT2D eigenvalue weighted by Gasteiger charge is -2.13. The number of hydrogen-bond acceptors (Lipinski definition) is 5.